The van der Waals surface area contributed by atoms with Gasteiger partial charge in [0.05, 0.1) is 4.92 Å². The van der Waals surface area contributed by atoms with Gasteiger partial charge in [0, 0.05) is 29.7 Å². The van der Waals surface area contributed by atoms with E-state index in [-0.39, 0.29) is 23.0 Å². The smallest absolute Gasteiger partial charge is 0.269 e. The highest BCUT2D eigenvalue weighted by molar-refractivity contribution is 8.82. The van der Waals surface area contributed by atoms with E-state index < -0.39 is 8.72 Å². The molecule has 5 nitrogen and oxygen atoms in total. The number of nitro groups is 1. The van der Waals surface area contributed by atoms with Crippen molar-refractivity contribution in [1.29, 1.82) is 0 Å². The van der Waals surface area contributed by atoms with E-state index in [1.165, 1.54) is 25.3 Å². The van der Waals surface area contributed by atoms with Crippen LogP contribution >= 0.6 is 56.4 Å². The molecule has 0 aromatic heterocycles. The Balaban J connectivity index is 3.01. The molecule has 10 heteroatoms. The summed E-state index contributed by atoms with van der Waals surface area (Å²) in [4.78, 5) is 22.0. The van der Waals surface area contributed by atoms with Gasteiger partial charge in [-0.15, -0.1) is 0 Å². The fourth-order valence-electron chi connectivity index (χ4n) is 1.16. The molecule has 0 aliphatic carbocycles. The van der Waals surface area contributed by atoms with Crippen LogP contribution in [0.15, 0.2) is 23.1 Å². The lowest BCUT2D eigenvalue weighted by molar-refractivity contribution is -0.385. The second-order valence-electron chi connectivity index (χ2n) is 3.41. The van der Waals surface area contributed by atoms with Gasteiger partial charge in [0.1, 0.15) is 6.61 Å². The predicted molar refractivity (Wildman–Crippen MR) is 82.7 cm³/mol. The Morgan fingerprint density at radius 3 is 2.60 bits per heavy atom. The fourth-order valence-corrected chi connectivity index (χ4v) is 3.70. The summed E-state index contributed by atoms with van der Waals surface area (Å²) >= 11 is 17.4. The molecule has 0 aliphatic rings. The van der Waals surface area contributed by atoms with Crippen molar-refractivity contribution in [3.8, 4) is 0 Å². The van der Waals surface area contributed by atoms with Crippen LogP contribution in [0.3, 0.4) is 0 Å². The Kier molecular flexibility index (Phi) is 6.90. The number of carbonyl (C=O) groups is 1. The first kappa shape index (κ1) is 17.9. The lowest BCUT2D eigenvalue weighted by atomic mass is 10.2. The lowest BCUT2D eigenvalue weighted by Gasteiger charge is -2.15. The van der Waals surface area contributed by atoms with Crippen LogP contribution in [-0.2, 0) is 13.3 Å². The quantitative estimate of drug-likeness (QED) is 0.329. The predicted octanol–water partition coefficient (Wildman–Crippen LogP) is 4.33. The highest BCUT2D eigenvalue weighted by atomic mass is 35.6. The summed E-state index contributed by atoms with van der Waals surface area (Å²) < 4.78 is 2.87. The van der Waals surface area contributed by atoms with Gasteiger partial charge in [0.2, 0.25) is 8.91 Å². The number of hydrogen-bond donors (Lipinski definition) is 0. The first-order chi connectivity index (χ1) is 9.25. The van der Waals surface area contributed by atoms with Gasteiger partial charge in [-0.3, -0.25) is 14.9 Å². The molecule has 0 aliphatic heterocycles. The molecule has 0 saturated heterocycles. The highest BCUT2D eigenvalue weighted by Crippen LogP contribution is 2.46. The van der Waals surface area contributed by atoms with Crippen molar-refractivity contribution >= 4 is 67.2 Å². The van der Waals surface area contributed by atoms with Crippen molar-refractivity contribution in [2.75, 3.05) is 13.7 Å². The highest BCUT2D eigenvalue weighted by Gasteiger charge is 2.29. The average molecular weight is 377 g/mol. The van der Waals surface area contributed by atoms with E-state index in [1.807, 2.05) is 0 Å². The van der Waals surface area contributed by atoms with Crippen molar-refractivity contribution in [3.05, 3.63) is 33.9 Å². The third-order valence-electron chi connectivity index (χ3n) is 1.97. The van der Waals surface area contributed by atoms with Gasteiger partial charge < -0.3 is 4.74 Å². The molecule has 0 heterocycles. The van der Waals surface area contributed by atoms with Gasteiger partial charge >= 0.3 is 0 Å². The zero-order valence-electron chi connectivity index (χ0n) is 9.97. The van der Waals surface area contributed by atoms with E-state index >= 15 is 0 Å². The van der Waals surface area contributed by atoms with Crippen molar-refractivity contribution in [2.24, 2.45) is 0 Å². The topological polar surface area (TPSA) is 69.4 Å². The second kappa shape index (κ2) is 7.72. The molecule has 0 radical (unpaired) electrons. The zero-order valence-corrected chi connectivity index (χ0v) is 13.9. The van der Waals surface area contributed by atoms with Crippen molar-refractivity contribution in [2.45, 2.75) is 8.69 Å². The van der Waals surface area contributed by atoms with Gasteiger partial charge in [0.15, 0.2) is 0 Å². The van der Waals surface area contributed by atoms with Crippen molar-refractivity contribution in [3.63, 3.8) is 0 Å². The maximum Gasteiger partial charge on any atom is 0.269 e. The number of methoxy groups -OCH3 is 1. The third kappa shape index (κ3) is 5.31. The van der Waals surface area contributed by atoms with Crippen LogP contribution in [-0.4, -0.2) is 23.8 Å². The molecule has 0 spiro atoms. The molecule has 0 unspecified atom stereocenters. The molecule has 1 rings (SSSR count). The van der Waals surface area contributed by atoms with Crippen LogP contribution in [0.4, 0.5) is 5.69 Å². The van der Waals surface area contributed by atoms with Gasteiger partial charge in [0.25, 0.3) is 5.69 Å². The minimum atomic E-state index is -1.82. The molecule has 0 bridgehead atoms. The SMILES string of the molecule is COCC(=O)SSc1ccc([N+](=O)[O-])cc1C(Cl)(Cl)Cl. The summed E-state index contributed by atoms with van der Waals surface area (Å²) in [6.07, 6.45) is 0. The Morgan fingerprint density at radius 1 is 1.45 bits per heavy atom. The molecule has 1 aromatic rings. The summed E-state index contributed by atoms with van der Waals surface area (Å²) in [5.41, 5.74) is -0.0386. The van der Waals surface area contributed by atoms with Crippen LogP contribution in [0.2, 0.25) is 0 Å². The summed E-state index contributed by atoms with van der Waals surface area (Å²) in [5.74, 6) is 0. The number of rotatable bonds is 5. The summed E-state index contributed by atoms with van der Waals surface area (Å²) in [6, 6.07) is 3.90. The van der Waals surface area contributed by atoms with Crippen molar-refractivity contribution in [1.82, 2.24) is 0 Å². The molecule has 20 heavy (non-hydrogen) atoms. The summed E-state index contributed by atoms with van der Waals surface area (Å²) in [5, 5.41) is 10.5. The van der Waals surface area contributed by atoms with Crippen LogP contribution in [0.5, 0.6) is 0 Å². The molecule has 0 fully saturated rings. The first-order valence-electron chi connectivity index (χ1n) is 4.97. The zero-order chi connectivity index (χ0) is 15.3. The number of halogens is 3. The van der Waals surface area contributed by atoms with E-state index in [0.717, 1.165) is 21.6 Å². The van der Waals surface area contributed by atoms with Crippen LogP contribution in [0, 0.1) is 10.1 Å². The van der Waals surface area contributed by atoms with E-state index in [0.29, 0.717) is 4.90 Å². The molecule has 1 aromatic carbocycles. The Labute approximate surface area is 137 Å². The number of carbonyl (C=O) groups excluding carboxylic acids is 1. The number of ether oxygens (including phenoxy) is 1. The molecule has 0 saturated carbocycles. The fraction of sp³-hybridized carbons (Fsp3) is 0.300. The molecular formula is C10H8Cl3NO4S2. The largest absolute Gasteiger partial charge is 0.376 e. The Morgan fingerprint density at radius 2 is 2.10 bits per heavy atom. The minimum absolute atomic E-state index is 0.0479. The maximum atomic E-state index is 11.4. The Bertz CT molecular complexity index is 522. The number of non-ortho nitro benzene ring substituents is 1. The van der Waals surface area contributed by atoms with Gasteiger partial charge in [-0.2, -0.15) is 0 Å². The lowest BCUT2D eigenvalue weighted by Crippen LogP contribution is -2.04. The monoisotopic (exact) mass is 375 g/mol. The van der Waals surface area contributed by atoms with Crippen LogP contribution in [0.25, 0.3) is 0 Å². The van der Waals surface area contributed by atoms with Crippen molar-refractivity contribution < 1.29 is 14.5 Å². The average Bonchev–Trinajstić information content (AvgIpc) is 2.35. The normalized spacial score (nSPS) is 11.4. The molecule has 110 valence electrons. The number of nitrogens with zero attached hydrogens (tertiary/aromatic N) is 1. The number of hydrogen-bond acceptors (Lipinski definition) is 6. The van der Waals surface area contributed by atoms with E-state index in [1.54, 1.807) is 0 Å². The molecule has 0 atom stereocenters. The van der Waals surface area contributed by atoms with E-state index in [9.17, 15) is 14.9 Å². The molecule has 0 amide bonds. The number of alkyl halides is 3. The summed E-state index contributed by atoms with van der Waals surface area (Å²) in [6.45, 7) is -0.0479. The second-order valence-corrected chi connectivity index (χ2v) is 7.92. The van der Waals surface area contributed by atoms with Crippen LogP contribution < -0.4 is 0 Å². The number of nitro benzene ring substituents is 1. The minimum Gasteiger partial charge on any atom is -0.376 e. The maximum absolute atomic E-state index is 11.4. The standard InChI is InChI=1S/C10H8Cl3NO4S2/c1-18-5-9(15)20-19-8-3-2-6(14(16)17)4-7(8)10(11,12)13/h2-4H,5H2,1H3. The van der Waals surface area contributed by atoms with Gasteiger partial charge in [-0.05, 0) is 27.7 Å². The van der Waals surface area contributed by atoms with Crippen LogP contribution in [0.1, 0.15) is 5.56 Å². The third-order valence-corrected chi connectivity index (χ3v) is 4.85. The number of benzene rings is 1. The van der Waals surface area contributed by atoms with Gasteiger partial charge in [-0.1, -0.05) is 34.8 Å². The van der Waals surface area contributed by atoms with E-state index in [2.05, 4.69) is 4.74 Å². The molecule has 0 N–H and O–H groups in total. The first-order valence-corrected chi connectivity index (χ1v) is 8.26. The summed E-state index contributed by atoms with van der Waals surface area (Å²) in [7, 11) is 3.36. The molecular weight excluding hydrogens is 369 g/mol. The van der Waals surface area contributed by atoms with E-state index in [4.69, 9.17) is 34.8 Å². The van der Waals surface area contributed by atoms with Gasteiger partial charge in [-0.25, -0.2) is 0 Å². The Hall–Kier alpha value is -0.180.